The highest BCUT2D eigenvalue weighted by atomic mass is 19.1. The molecule has 0 saturated heterocycles. The van der Waals surface area contributed by atoms with Crippen LogP contribution in [0.15, 0.2) is 12.3 Å². The van der Waals surface area contributed by atoms with E-state index in [0.29, 0.717) is 12.6 Å². The van der Waals surface area contributed by atoms with Crippen molar-refractivity contribution in [3.05, 3.63) is 23.6 Å². The summed E-state index contributed by atoms with van der Waals surface area (Å²) < 4.78 is 13.5. The highest BCUT2D eigenvalue weighted by molar-refractivity contribution is 5.47. The van der Waals surface area contributed by atoms with Crippen LogP contribution in [0.3, 0.4) is 0 Å². The maximum absolute atomic E-state index is 13.5. The second-order valence-corrected chi connectivity index (χ2v) is 6.08. The summed E-state index contributed by atoms with van der Waals surface area (Å²) in [5.74, 6) is 0.670. The fourth-order valence-electron chi connectivity index (χ4n) is 2.34. The van der Waals surface area contributed by atoms with Gasteiger partial charge in [0.05, 0.1) is 6.20 Å². The lowest BCUT2D eigenvalue weighted by Crippen LogP contribution is -2.34. The number of anilines is 1. The smallest absolute Gasteiger partial charge is 0.141 e. The summed E-state index contributed by atoms with van der Waals surface area (Å²) in [4.78, 5) is 8.79. The third-order valence-corrected chi connectivity index (χ3v) is 3.68. The fourth-order valence-corrected chi connectivity index (χ4v) is 2.34. The number of likely N-dealkylation sites (N-methyl/N-ethyl adjacent to an activating group) is 1. The van der Waals surface area contributed by atoms with Crippen LogP contribution in [0.25, 0.3) is 0 Å². The third-order valence-electron chi connectivity index (χ3n) is 3.68. The van der Waals surface area contributed by atoms with Gasteiger partial charge in [0.25, 0.3) is 0 Å². The largest absolute Gasteiger partial charge is 0.355 e. The van der Waals surface area contributed by atoms with E-state index in [2.05, 4.69) is 41.1 Å². The Bertz CT molecular complexity index is 446. The molecule has 1 aromatic rings. The minimum absolute atomic E-state index is 0.254. The number of pyridine rings is 1. The van der Waals surface area contributed by atoms with Gasteiger partial charge in [0, 0.05) is 37.8 Å². The maximum atomic E-state index is 13.5. The standard InChI is InChI=1S/C16H27FN4/c1-4-7-21(9-8-20(2)3)16-13(10-14(17)12-19-16)11-18-15-5-6-15/h10,12,15,18H,4-9,11H2,1-3H3. The zero-order valence-corrected chi connectivity index (χ0v) is 13.4. The summed E-state index contributed by atoms with van der Waals surface area (Å²) in [6.45, 7) is 5.69. The highest BCUT2D eigenvalue weighted by Gasteiger charge is 2.21. The molecular formula is C16H27FN4. The molecule has 1 aliphatic carbocycles. The maximum Gasteiger partial charge on any atom is 0.141 e. The van der Waals surface area contributed by atoms with Crippen molar-refractivity contribution in [1.82, 2.24) is 15.2 Å². The van der Waals surface area contributed by atoms with E-state index in [1.807, 2.05) is 0 Å². The van der Waals surface area contributed by atoms with E-state index in [4.69, 9.17) is 0 Å². The quantitative estimate of drug-likeness (QED) is 0.757. The van der Waals surface area contributed by atoms with Crippen molar-refractivity contribution in [3.8, 4) is 0 Å². The van der Waals surface area contributed by atoms with Gasteiger partial charge < -0.3 is 15.1 Å². The summed E-state index contributed by atoms with van der Waals surface area (Å²) in [6.07, 6.45) is 4.85. The first kappa shape index (κ1) is 16.2. The summed E-state index contributed by atoms with van der Waals surface area (Å²) >= 11 is 0. The Labute approximate surface area is 127 Å². The van der Waals surface area contributed by atoms with Crippen LogP contribution in [0.1, 0.15) is 31.7 Å². The first-order valence-electron chi connectivity index (χ1n) is 7.87. The zero-order chi connectivity index (χ0) is 15.2. The van der Waals surface area contributed by atoms with Crippen LogP contribution in [0.4, 0.5) is 10.2 Å². The van der Waals surface area contributed by atoms with Gasteiger partial charge in [-0.2, -0.15) is 0 Å². The van der Waals surface area contributed by atoms with Gasteiger partial charge in [-0.3, -0.25) is 0 Å². The minimum atomic E-state index is -0.254. The molecular weight excluding hydrogens is 267 g/mol. The third kappa shape index (κ3) is 5.25. The van der Waals surface area contributed by atoms with Crippen molar-refractivity contribution in [2.45, 2.75) is 38.8 Å². The molecule has 1 N–H and O–H groups in total. The second kappa shape index (κ2) is 7.71. The SMILES string of the molecule is CCCN(CCN(C)C)c1ncc(F)cc1CNC1CC1. The van der Waals surface area contributed by atoms with E-state index in [9.17, 15) is 4.39 Å². The molecule has 0 amide bonds. The molecule has 0 aliphatic heterocycles. The Morgan fingerprint density at radius 2 is 2.05 bits per heavy atom. The Morgan fingerprint density at radius 1 is 1.29 bits per heavy atom. The first-order chi connectivity index (χ1) is 10.1. The van der Waals surface area contributed by atoms with Crippen molar-refractivity contribution < 1.29 is 4.39 Å². The van der Waals surface area contributed by atoms with E-state index in [1.165, 1.54) is 19.0 Å². The molecule has 0 aromatic carbocycles. The molecule has 0 radical (unpaired) electrons. The molecule has 0 atom stereocenters. The molecule has 1 aliphatic rings. The molecule has 1 heterocycles. The van der Waals surface area contributed by atoms with E-state index in [0.717, 1.165) is 37.4 Å². The molecule has 118 valence electrons. The van der Waals surface area contributed by atoms with Crippen LogP contribution in [0.2, 0.25) is 0 Å². The van der Waals surface area contributed by atoms with Gasteiger partial charge in [-0.05, 0) is 39.4 Å². The second-order valence-electron chi connectivity index (χ2n) is 6.08. The Balaban J connectivity index is 2.11. The Morgan fingerprint density at radius 3 is 2.67 bits per heavy atom. The van der Waals surface area contributed by atoms with Crippen LogP contribution in [0.5, 0.6) is 0 Å². The van der Waals surface area contributed by atoms with E-state index >= 15 is 0 Å². The fraction of sp³-hybridized carbons (Fsp3) is 0.688. The molecule has 4 nitrogen and oxygen atoms in total. The zero-order valence-electron chi connectivity index (χ0n) is 13.4. The van der Waals surface area contributed by atoms with Gasteiger partial charge in [-0.15, -0.1) is 0 Å². The van der Waals surface area contributed by atoms with E-state index in [-0.39, 0.29) is 5.82 Å². The Kier molecular flexibility index (Phi) is 5.94. The molecule has 1 aromatic heterocycles. The topological polar surface area (TPSA) is 31.4 Å². The predicted molar refractivity (Wildman–Crippen MR) is 85.1 cm³/mol. The lowest BCUT2D eigenvalue weighted by atomic mass is 10.2. The lowest BCUT2D eigenvalue weighted by molar-refractivity contribution is 0.412. The molecule has 1 fully saturated rings. The van der Waals surface area contributed by atoms with E-state index < -0.39 is 0 Å². The number of rotatable bonds is 9. The molecule has 1 saturated carbocycles. The van der Waals surface area contributed by atoms with Crippen LogP contribution in [-0.2, 0) is 6.54 Å². The molecule has 0 spiro atoms. The summed E-state index contributed by atoms with van der Waals surface area (Å²) in [7, 11) is 4.13. The average Bonchev–Trinajstić information content (AvgIpc) is 3.25. The monoisotopic (exact) mass is 294 g/mol. The van der Waals surface area contributed by atoms with Gasteiger partial charge in [0.15, 0.2) is 0 Å². The van der Waals surface area contributed by atoms with Crippen molar-refractivity contribution >= 4 is 5.82 Å². The molecule has 5 heteroatoms. The highest BCUT2D eigenvalue weighted by Crippen LogP contribution is 2.23. The number of halogens is 1. The van der Waals surface area contributed by atoms with Gasteiger partial charge in [0.1, 0.15) is 11.6 Å². The number of hydrogen-bond donors (Lipinski definition) is 1. The van der Waals surface area contributed by atoms with Crippen molar-refractivity contribution in [2.75, 3.05) is 38.6 Å². The van der Waals surface area contributed by atoms with Crippen molar-refractivity contribution in [3.63, 3.8) is 0 Å². The molecule has 0 unspecified atom stereocenters. The van der Waals surface area contributed by atoms with Gasteiger partial charge in [0.2, 0.25) is 0 Å². The van der Waals surface area contributed by atoms with Crippen LogP contribution in [-0.4, -0.2) is 49.7 Å². The van der Waals surface area contributed by atoms with Crippen LogP contribution < -0.4 is 10.2 Å². The normalized spacial score (nSPS) is 14.7. The molecule has 21 heavy (non-hydrogen) atoms. The van der Waals surface area contributed by atoms with Crippen molar-refractivity contribution in [1.29, 1.82) is 0 Å². The Hall–Kier alpha value is -1.20. The van der Waals surface area contributed by atoms with Crippen LogP contribution >= 0.6 is 0 Å². The van der Waals surface area contributed by atoms with Gasteiger partial charge in [-0.1, -0.05) is 6.92 Å². The van der Waals surface area contributed by atoms with Crippen LogP contribution in [0, 0.1) is 5.82 Å². The van der Waals surface area contributed by atoms with Gasteiger partial charge in [-0.25, -0.2) is 9.37 Å². The van der Waals surface area contributed by atoms with Crippen molar-refractivity contribution in [2.24, 2.45) is 0 Å². The van der Waals surface area contributed by atoms with Gasteiger partial charge >= 0.3 is 0 Å². The summed E-state index contributed by atoms with van der Waals surface area (Å²) in [6, 6.07) is 2.23. The average molecular weight is 294 g/mol. The minimum Gasteiger partial charge on any atom is -0.355 e. The molecule has 0 bridgehead atoms. The first-order valence-corrected chi connectivity index (χ1v) is 7.87. The number of nitrogens with one attached hydrogen (secondary N) is 1. The summed E-state index contributed by atoms with van der Waals surface area (Å²) in [5, 5.41) is 3.46. The lowest BCUT2D eigenvalue weighted by Gasteiger charge is -2.27. The van der Waals surface area contributed by atoms with E-state index in [1.54, 1.807) is 6.07 Å². The predicted octanol–water partition coefficient (Wildman–Crippen LogP) is 2.25. The summed E-state index contributed by atoms with van der Waals surface area (Å²) in [5.41, 5.74) is 0.967. The molecule has 2 rings (SSSR count). The number of nitrogens with zero attached hydrogens (tertiary/aromatic N) is 3. The number of hydrogen-bond acceptors (Lipinski definition) is 4. The number of aromatic nitrogens is 1.